The Balaban J connectivity index is 2.52. The Morgan fingerprint density at radius 1 is 1.29 bits per heavy atom. The van der Waals surface area contributed by atoms with Crippen molar-refractivity contribution < 1.29 is 9.53 Å². The van der Waals surface area contributed by atoms with E-state index >= 15 is 0 Å². The van der Waals surface area contributed by atoms with Gasteiger partial charge in [-0.1, -0.05) is 24.3 Å². The highest BCUT2D eigenvalue weighted by molar-refractivity contribution is 5.77. The van der Waals surface area contributed by atoms with Crippen LogP contribution in [0.2, 0.25) is 0 Å². The van der Waals surface area contributed by atoms with Crippen LogP contribution in [0.3, 0.4) is 0 Å². The number of carbonyl (C=O) groups excluding carboxylic acids is 1. The molecule has 0 fully saturated rings. The van der Waals surface area contributed by atoms with Gasteiger partial charge >= 0.3 is 0 Å². The van der Waals surface area contributed by atoms with Gasteiger partial charge in [0.25, 0.3) is 0 Å². The fourth-order valence-corrected chi connectivity index (χ4v) is 1.68. The van der Waals surface area contributed by atoms with Crippen LogP contribution in [0.4, 0.5) is 0 Å². The van der Waals surface area contributed by atoms with E-state index in [0.29, 0.717) is 0 Å². The summed E-state index contributed by atoms with van der Waals surface area (Å²) in [6.45, 7) is 7.97. The first-order valence-corrected chi connectivity index (χ1v) is 5.97. The third-order valence-electron chi connectivity index (χ3n) is 2.58. The van der Waals surface area contributed by atoms with Gasteiger partial charge in [0.15, 0.2) is 0 Å². The van der Waals surface area contributed by atoms with E-state index in [1.807, 2.05) is 52.0 Å². The van der Waals surface area contributed by atoms with E-state index in [9.17, 15) is 4.79 Å². The second-order valence-electron chi connectivity index (χ2n) is 4.51. The van der Waals surface area contributed by atoms with Gasteiger partial charge in [-0.2, -0.15) is 0 Å². The molecule has 1 aromatic rings. The quantitative estimate of drug-likeness (QED) is 0.852. The fourth-order valence-electron chi connectivity index (χ4n) is 1.68. The Kier molecular flexibility index (Phi) is 5.16. The molecule has 0 spiro atoms. The lowest BCUT2D eigenvalue weighted by atomic mass is 10.0. The Morgan fingerprint density at radius 3 is 2.53 bits per heavy atom. The number of aryl methyl sites for hydroxylation is 1. The van der Waals surface area contributed by atoms with Crippen LogP contribution >= 0.6 is 0 Å². The van der Waals surface area contributed by atoms with Crippen molar-refractivity contribution in [3.8, 4) is 0 Å². The molecule has 0 aliphatic carbocycles. The maximum Gasteiger partial charge on any atom is 0.246 e. The van der Waals surface area contributed by atoms with Gasteiger partial charge in [-0.25, -0.2) is 0 Å². The third-order valence-corrected chi connectivity index (χ3v) is 2.58. The summed E-state index contributed by atoms with van der Waals surface area (Å²) in [4.78, 5) is 11.6. The molecule has 0 bridgehead atoms. The van der Waals surface area contributed by atoms with Crippen LogP contribution in [0.25, 0.3) is 0 Å². The standard InChI is InChI=1S/C14H21NO2/c1-10(2)17-9-14(16)15-12(4)13-8-6-5-7-11(13)3/h5-8,10,12H,9H2,1-4H3,(H,15,16)/t12-/m0/s1. The van der Waals surface area contributed by atoms with Crippen LogP contribution in [0.15, 0.2) is 24.3 Å². The van der Waals surface area contributed by atoms with E-state index in [0.717, 1.165) is 5.56 Å². The molecule has 0 radical (unpaired) electrons. The van der Waals surface area contributed by atoms with Crippen molar-refractivity contribution in [1.29, 1.82) is 0 Å². The summed E-state index contributed by atoms with van der Waals surface area (Å²) in [5.74, 6) is -0.0746. The molecule has 3 heteroatoms. The summed E-state index contributed by atoms with van der Waals surface area (Å²) in [6.07, 6.45) is 0.0783. The van der Waals surface area contributed by atoms with Crippen LogP contribution in [0.5, 0.6) is 0 Å². The number of ether oxygens (including phenoxy) is 1. The van der Waals surface area contributed by atoms with Crippen molar-refractivity contribution in [3.63, 3.8) is 0 Å². The summed E-state index contributed by atoms with van der Waals surface area (Å²) < 4.78 is 5.26. The Morgan fingerprint density at radius 2 is 1.94 bits per heavy atom. The molecule has 0 aliphatic rings. The van der Waals surface area contributed by atoms with Crippen molar-refractivity contribution in [2.45, 2.75) is 39.8 Å². The van der Waals surface area contributed by atoms with E-state index in [2.05, 4.69) is 5.32 Å². The molecule has 0 unspecified atom stereocenters. The van der Waals surface area contributed by atoms with E-state index in [-0.39, 0.29) is 24.7 Å². The highest BCUT2D eigenvalue weighted by Crippen LogP contribution is 2.16. The first kappa shape index (κ1) is 13.7. The summed E-state index contributed by atoms with van der Waals surface area (Å²) >= 11 is 0. The molecule has 94 valence electrons. The van der Waals surface area contributed by atoms with Crippen LogP contribution in [-0.4, -0.2) is 18.6 Å². The van der Waals surface area contributed by atoms with Crippen LogP contribution < -0.4 is 5.32 Å². The number of amides is 1. The van der Waals surface area contributed by atoms with Crippen molar-refractivity contribution in [2.24, 2.45) is 0 Å². The Hall–Kier alpha value is -1.35. The van der Waals surface area contributed by atoms with Gasteiger partial charge < -0.3 is 10.1 Å². The minimum atomic E-state index is -0.0746. The highest BCUT2D eigenvalue weighted by Gasteiger charge is 2.11. The highest BCUT2D eigenvalue weighted by atomic mass is 16.5. The van der Waals surface area contributed by atoms with Gasteiger partial charge in [0.05, 0.1) is 12.1 Å². The zero-order valence-electron chi connectivity index (χ0n) is 11.0. The summed E-state index contributed by atoms with van der Waals surface area (Å²) in [7, 11) is 0. The predicted molar refractivity (Wildman–Crippen MR) is 68.8 cm³/mol. The van der Waals surface area contributed by atoms with E-state index < -0.39 is 0 Å². The van der Waals surface area contributed by atoms with Crippen LogP contribution in [0, 0.1) is 6.92 Å². The molecule has 0 aliphatic heterocycles. The first-order valence-electron chi connectivity index (χ1n) is 5.97. The number of nitrogens with one attached hydrogen (secondary N) is 1. The number of rotatable bonds is 5. The second kappa shape index (κ2) is 6.40. The summed E-state index contributed by atoms with van der Waals surface area (Å²) in [5, 5.41) is 2.93. The van der Waals surface area contributed by atoms with Gasteiger partial charge in [-0.05, 0) is 38.8 Å². The van der Waals surface area contributed by atoms with Crippen molar-refractivity contribution in [1.82, 2.24) is 5.32 Å². The normalized spacial score (nSPS) is 12.5. The molecule has 17 heavy (non-hydrogen) atoms. The molecule has 0 heterocycles. The van der Waals surface area contributed by atoms with E-state index in [1.165, 1.54) is 5.56 Å². The second-order valence-corrected chi connectivity index (χ2v) is 4.51. The lowest BCUT2D eigenvalue weighted by Crippen LogP contribution is -2.31. The van der Waals surface area contributed by atoms with E-state index in [4.69, 9.17) is 4.74 Å². The van der Waals surface area contributed by atoms with Gasteiger partial charge in [0, 0.05) is 0 Å². The van der Waals surface area contributed by atoms with Crippen molar-refractivity contribution >= 4 is 5.91 Å². The molecule has 0 saturated heterocycles. The zero-order valence-corrected chi connectivity index (χ0v) is 11.0. The maximum absolute atomic E-state index is 11.6. The molecule has 1 atom stereocenters. The zero-order chi connectivity index (χ0) is 12.8. The molecular formula is C14H21NO2. The van der Waals surface area contributed by atoms with Crippen LogP contribution in [-0.2, 0) is 9.53 Å². The van der Waals surface area contributed by atoms with Crippen LogP contribution in [0.1, 0.15) is 37.9 Å². The maximum atomic E-state index is 11.6. The molecule has 1 aromatic carbocycles. The summed E-state index contributed by atoms with van der Waals surface area (Å²) in [6, 6.07) is 8.07. The molecule has 3 nitrogen and oxygen atoms in total. The lowest BCUT2D eigenvalue weighted by molar-refractivity contribution is -0.127. The van der Waals surface area contributed by atoms with Gasteiger partial charge in [-0.15, -0.1) is 0 Å². The number of carbonyl (C=O) groups is 1. The molecule has 0 saturated carbocycles. The molecule has 1 rings (SSSR count). The minimum Gasteiger partial charge on any atom is -0.369 e. The number of hydrogen-bond acceptors (Lipinski definition) is 2. The third kappa shape index (κ3) is 4.57. The summed E-state index contributed by atoms with van der Waals surface area (Å²) in [5.41, 5.74) is 2.33. The van der Waals surface area contributed by atoms with Crippen molar-refractivity contribution in [2.75, 3.05) is 6.61 Å². The molecular weight excluding hydrogens is 214 g/mol. The van der Waals surface area contributed by atoms with E-state index in [1.54, 1.807) is 0 Å². The van der Waals surface area contributed by atoms with Gasteiger partial charge in [-0.3, -0.25) is 4.79 Å². The largest absolute Gasteiger partial charge is 0.369 e. The minimum absolute atomic E-state index is 0.0134. The Bertz CT molecular complexity index is 374. The fraction of sp³-hybridized carbons (Fsp3) is 0.500. The first-order chi connectivity index (χ1) is 8.00. The number of benzene rings is 1. The van der Waals surface area contributed by atoms with Gasteiger partial charge in [0.2, 0.25) is 5.91 Å². The lowest BCUT2D eigenvalue weighted by Gasteiger charge is -2.17. The molecule has 1 amide bonds. The average molecular weight is 235 g/mol. The predicted octanol–water partition coefficient (Wildman–Crippen LogP) is 2.60. The molecule has 0 aromatic heterocycles. The smallest absolute Gasteiger partial charge is 0.246 e. The monoisotopic (exact) mass is 235 g/mol. The number of hydrogen-bond donors (Lipinski definition) is 1. The Labute approximate surface area is 103 Å². The topological polar surface area (TPSA) is 38.3 Å². The average Bonchev–Trinajstić information content (AvgIpc) is 2.26. The molecule has 1 N–H and O–H groups in total. The van der Waals surface area contributed by atoms with Crippen molar-refractivity contribution in [3.05, 3.63) is 35.4 Å². The SMILES string of the molecule is Cc1ccccc1[C@H](C)NC(=O)COC(C)C. The van der Waals surface area contributed by atoms with Gasteiger partial charge in [0.1, 0.15) is 6.61 Å².